The molecule has 7 heteroatoms. The van der Waals surface area contributed by atoms with Gasteiger partial charge < -0.3 is 15.0 Å². The Labute approximate surface area is 207 Å². The summed E-state index contributed by atoms with van der Waals surface area (Å²) < 4.78 is 5.77. The van der Waals surface area contributed by atoms with E-state index in [0.717, 1.165) is 52.9 Å². The van der Waals surface area contributed by atoms with Crippen molar-refractivity contribution in [3.05, 3.63) is 53.3 Å². The highest BCUT2D eigenvalue weighted by molar-refractivity contribution is 6.08. The molecule has 7 nitrogen and oxygen atoms in total. The van der Waals surface area contributed by atoms with Crippen molar-refractivity contribution in [1.82, 2.24) is 20.1 Å². The largest absolute Gasteiger partial charge is 0.494 e. The van der Waals surface area contributed by atoms with Crippen LogP contribution in [0.5, 0.6) is 5.75 Å². The molecule has 0 saturated carbocycles. The average molecular weight is 477 g/mol. The molecule has 3 heterocycles. The summed E-state index contributed by atoms with van der Waals surface area (Å²) in [6, 6.07) is 5.53. The second-order valence-corrected chi connectivity index (χ2v) is 10.4. The van der Waals surface area contributed by atoms with Crippen LogP contribution in [0, 0.1) is 5.92 Å². The van der Waals surface area contributed by atoms with Gasteiger partial charge >= 0.3 is 6.03 Å². The molecule has 2 aromatic rings. The van der Waals surface area contributed by atoms with Gasteiger partial charge in [-0.15, -0.1) is 0 Å². The monoisotopic (exact) mass is 476 g/mol. The third-order valence-electron chi connectivity index (χ3n) is 7.35. The van der Waals surface area contributed by atoms with Gasteiger partial charge in [-0.05, 0) is 68.5 Å². The van der Waals surface area contributed by atoms with E-state index in [0.29, 0.717) is 32.0 Å². The normalized spacial score (nSPS) is 23.8. The molecule has 2 aliphatic heterocycles. The molecule has 3 amide bonds. The highest BCUT2D eigenvalue weighted by Crippen LogP contribution is 2.49. The number of imide groups is 1. The molecule has 0 bridgehead atoms. The lowest BCUT2D eigenvalue weighted by atomic mass is 9.80. The summed E-state index contributed by atoms with van der Waals surface area (Å²) in [5.41, 5.74) is 3.25. The first kappa shape index (κ1) is 23.7. The number of nitrogens with one attached hydrogen (secondary N) is 2. The van der Waals surface area contributed by atoms with Crippen molar-refractivity contribution in [2.75, 3.05) is 26.2 Å². The minimum Gasteiger partial charge on any atom is -0.494 e. The second-order valence-electron chi connectivity index (χ2n) is 10.4. The standard InChI is InChI=1S/C28H36N4O3/c1-5-35-20-11-12-23-21(15-20)22-16-28(4)26(33)31(14-13-29-17-18(2)3)27(34)32(28)25(24(22)30-23)19-9-7-6-8-10-19/h7,9-12,15,18,25,29-30H,5-6,8,13-14,16-17H2,1-4H3/t25-,28?/m1/s1. The van der Waals surface area contributed by atoms with Crippen LogP contribution in [0.3, 0.4) is 0 Å². The number of hydrogen-bond acceptors (Lipinski definition) is 4. The maximum Gasteiger partial charge on any atom is 0.328 e. The molecule has 1 aliphatic carbocycles. The zero-order valence-corrected chi connectivity index (χ0v) is 21.2. The lowest BCUT2D eigenvalue weighted by Gasteiger charge is -2.43. The SMILES string of the molecule is CCOc1ccc2[nH]c3c(c2c1)CC1(C)C(=O)N(CCNCC(C)C)C(=O)N1[C@@H]3C1=CCCC=C1. The molecular formula is C28H36N4O3. The Bertz CT molecular complexity index is 1210. The predicted octanol–water partition coefficient (Wildman–Crippen LogP) is 4.71. The molecule has 0 spiro atoms. The van der Waals surface area contributed by atoms with E-state index in [2.05, 4.69) is 48.4 Å². The molecule has 1 fully saturated rings. The van der Waals surface area contributed by atoms with Crippen molar-refractivity contribution in [2.45, 2.75) is 58.5 Å². The number of ether oxygens (including phenoxy) is 1. The lowest BCUT2D eigenvalue weighted by Crippen LogP contribution is -2.53. The molecule has 2 atom stereocenters. The summed E-state index contributed by atoms with van der Waals surface area (Å²) in [6.07, 6.45) is 8.89. The Hall–Kier alpha value is -3.06. The minimum absolute atomic E-state index is 0.111. The fourth-order valence-electron chi connectivity index (χ4n) is 5.71. The summed E-state index contributed by atoms with van der Waals surface area (Å²) in [6.45, 7) is 10.6. The first-order chi connectivity index (χ1) is 16.8. The topological polar surface area (TPSA) is 77.7 Å². The number of fused-ring (bicyclic) bond motifs is 4. The Morgan fingerprint density at radius 1 is 1.26 bits per heavy atom. The quantitative estimate of drug-likeness (QED) is 0.427. The number of allylic oxidation sites excluding steroid dienone is 2. The fourth-order valence-corrected chi connectivity index (χ4v) is 5.71. The average Bonchev–Trinajstić information content (AvgIpc) is 3.28. The number of carbonyl (C=O) groups excluding carboxylic acids is 2. The van der Waals surface area contributed by atoms with E-state index in [1.807, 2.05) is 30.9 Å². The Balaban J connectivity index is 1.57. The first-order valence-electron chi connectivity index (χ1n) is 12.8. The zero-order chi connectivity index (χ0) is 24.7. The van der Waals surface area contributed by atoms with Gasteiger partial charge in [0.1, 0.15) is 11.3 Å². The molecule has 0 radical (unpaired) electrons. The van der Waals surface area contributed by atoms with Crippen LogP contribution in [-0.2, 0) is 11.2 Å². The predicted molar refractivity (Wildman–Crippen MR) is 137 cm³/mol. The molecule has 35 heavy (non-hydrogen) atoms. The summed E-state index contributed by atoms with van der Waals surface area (Å²) in [7, 11) is 0. The molecule has 3 aliphatic rings. The van der Waals surface area contributed by atoms with Gasteiger partial charge in [0.15, 0.2) is 0 Å². The van der Waals surface area contributed by atoms with Gasteiger partial charge in [-0.2, -0.15) is 0 Å². The van der Waals surface area contributed by atoms with Crippen molar-refractivity contribution < 1.29 is 14.3 Å². The van der Waals surface area contributed by atoms with Crippen LogP contribution < -0.4 is 10.1 Å². The number of hydrogen-bond donors (Lipinski definition) is 2. The van der Waals surface area contributed by atoms with Crippen molar-refractivity contribution in [3.8, 4) is 5.75 Å². The van der Waals surface area contributed by atoms with Crippen LogP contribution in [-0.4, -0.2) is 58.5 Å². The van der Waals surface area contributed by atoms with Gasteiger partial charge in [0.2, 0.25) is 0 Å². The molecule has 5 rings (SSSR count). The number of aromatic nitrogens is 1. The van der Waals surface area contributed by atoms with Gasteiger partial charge in [-0.1, -0.05) is 32.1 Å². The highest BCUT2D eigenvalue weighted by Gasteiger charge is 2.60. The van der Waals surface area contributed by atoms with Crippen LogP contribution in [0.2, 0.25) is 0 Å². The minimum atomic E-state index is -0.935. The Morgan fingerprint density at radius 3 is 2.80 bits per heavy atom. The lowest BCUT2D eigenvalue weighted by molar-refractivity contribution is -0.133. The second kappa shape index (κ2) is 9.19. The van der Waals surface area contributed by atoms with E-state index in [1.165, 1.54) is 4.90 Å². The van der Waals surface area contributed by atoms with E-state index in [1.54, 1.807) is 0 Å². The number of nitrogens with zero attached hydrogens (tertiary/aromatic N) is 2. The van der Waals surface area contributed by atoms with Gasteiger partial charge in [0.05, 0.1) is 12.6 Å². The van der Waals surface area contributed by atoms with E-state index >= 15 is 0 Å². The maximum atomic E-state index is 13.8. The maximum absolute atomic E-state index is 13.8. The number of aromatic amines is 1. The highest BCUT2D eigenvalue weighted by atomic mass is 16.5. The van der Waals surface area contributed by atoms with E-state index in [-0.39, 0.29) is 18.0 Å². The molecule has 1 aromatic carbocycles. The van der Waals surface area contributed by atoms with Crippen LogP contribution in [0.15, 0.2) is 42.0 Å². The van der Waals surface area contributed by atoms with Crippen LogP contribution in [0.1, 0.15) is 57.8 Å². The summed E-state index contributed by atoms with van der Waals surface area (Å²) >= 11 is 0. The number of urea groups is 1. The molecule has 186 valence electrons. The fraction of sp³-hybridized carbons (Fsp3) is 0.500. The molecule has 1 unspecified atom stereocenters. The van der Waals surface area contributed by atoms with Crippen molar-refractivity contribution in [2.24, 2.45) is 5.92 Å². The van der Waals surface area contributed by atoms with Crippen LogP contribution in [0.25, 0.3) is 10.9 Å². The van der Waals surface area contributed by atoms with Crippen LogP contribution >= 0.6 is 0 Å². The molecule has 1 aromatic heterocycles. The number of benzene rings is 1. The number of carbonyl (C=O) groups is 2. The third-order valence-corrected chi connectivity index (χ3v) is 7.35. The van der Waals surface area contributed by atoms with Gasteiger partial charge in [-0.3, -0.25) is 14.6 Å². The van der Waals surface area contributed by atoms with E-state index in [9.17, 15) is 9.59 Å². The number of H-pyrrole nitrogens is 1. The number of rotatable bonds is 8. The first-order valence-corrected chi connectivity index (χ1v) is 12.8. The summed E-state index contributed by atoms with van der Waals surface area (Å²) in [5.74, 6) is 1.22. The van der Waals surface area contributed by atoms with Crippen molar-refractivity contribution >= 4 is 22.8 Å². The van der Waals surface area contributed by atoms with Gasteiger partial charge in [0.25, 0.3) is 5.91 Å². The zero-order valence-electron chi connectivity index (χ0n) is 21.2. The third kappa shape index (κ3) is 3.96. The van der Waals surface area contributed by atoms with Crippen molar-refractivity contribution in [3.63, 3.8) is 0 Å². The number of amides is 3. The van der Waals surface area contributed by atoms with Gasteiger partial charge in [0, 0.05) is 36.1 Å². The molecular weight excluding hydrogens is 440 g/mol. The van der Waals surface area contributed by atoms with Crippen molar-refractivity contribution in [1.29, 1.82) is 0 Å². The Morgan fingerprint density at radius 2 is 2.09 bits per heavy atom. The van der Waals surface area contributed by atoms with Crippen LogP contribution in [0.4, 0.5) is 4.79 Å². The molecule has 1 saturated heterocycles. The summed E-state index contributed by atoms with van der Waals surface area (Å²) in [5, 5.41) is 4.43. The van der Waals surface area contributed by atoms with E-state index < -0.39 is 5.54 Å². The van der Waals surface area contributed by atoms with E-state index in [4.69, 9.17) is 4.74 Å². The smallest absolute Gasteiger partial charge is 0.328 e. The molecule has 2 N–H and O–H groups in total. The summed E-state index contributed by atoms with van der Waals surface area (Å²) in [4.78, 5) is 34.5. The Kier molecular flexibility index (Phi) is 6.21. The van der Waals surface area contributed by atoms with Gasteiger partial charge in [-0.25, -0.2) is 4.79 Å².